The molecule has 23 heavy (non-hydrogen) atoms. The Bertz CT molecular complexity index is 802. The Balaban J connectivity index is 1.59. The number of nitrogens with zero attached hydrogens (tertiary/aromatic N) is 1. The van der Waals surface area contributed by atoms with Crippen LogP contribution in [-0.4, -0.2) is 10.9 Å². The van der Waals surface area contributed by atoms with E-state index in [2.05, 4.69) is 26.2 Å². The fraction of sp³-hybridized carbons (Fsp3) is 0.111. The summed E-state index contributed by atoms with van der Waals surface area (Å²) in [5.41, 5.74) is 3.04. The minimum atomic E-state index is -0.0102. The molecule has 0 aliphatic carbocycles. The third-order valence-electron chi connectivity index (χ3n) is 3.32. The quantitative estimate of drug-likeness (QED) is 0.704. The number of carbonyl (C=O) groups is 1. The number of benzene rings is 2. The van der Waals surface area contributed by atoms with E-state index < -0.39 is 0 Å². The average Bonchev–Trinajstić information content (AvgIpc) is 3.02. The van der Waals surface area contributed by atoms with Gasteiger partial charge in [0.25, 0.3) is 0 Å². The van der Waals surface area contributed by atoms with Gasteiger partial charge in [0.2, 0.25) is 5.91 Å². The summed E-state index contributed by atoms with van der Waals surface area (Å²) in [6.07, 6.45) is 0.311. The van der Waals surface area contributed by atoms with Crippen molar-refractivity contribution in [2.75, 3.05) is 0 Å². The number of carbonyl (C=O) groups excluding carboxylic acids is 1. The first-order valence-corrected chi connectivity index (χ1v) is 8.89. The van der Waals surface area contributed by atoms with Crippen molar-refractivity contribution in [1.82, 2.24) is 10.3 Å². The van der Waals surface area contributed by atoms with Crippen molar-refractivity contribution in [3.05, 3.63) is 75.0 Å². The van der Waals surface area contributed by atoms with E-state index in [1.807, 2.05) is 60.0 Å². The standard InChI is InChI=1S/C18H15BrN2OS/c19-15-8-4-7-14(9-15)16-12-23-18(21-16)10-17(22)20-11-13-5-2-1-3-6-13/h1-9,12H,10-11H2,(H,20,22). The van der Waals surface area contributed by atoms with Crippen molar-refractivity contribution in [3.8, 4) is 11.3 Å². The summed E-state index contributed by atoms with van der Waals surface area (Å²) >= 11 is 4.97. The Morgan fingerprint density at radius 3 is 2.74 bits per heavy atom. The molecule has 5 heteroatoms. The van der Waals surface area contributed by atoms with E-state index >= 15 is 0 Å². The maximum atomic E-state index is 12.0. The number of aromatic nitrogens is 1. The summed E-state index contributed by atoms with van der Waals surface area (Å²) in [4.78, 5) is 16.6. The lowest BCUT2D eigenvalue weighted by Crippen LogP contribution is -2.24. The highest BCUT2D eigenvalue weighted by Gasteiger charge is 2.09. The molecule has 1 heterocycles. The van der Waals surface area contributed by atoms with Crippen LogP contribution in [0.2, 0.25) is 0 Å². The Morgan fingerprint density at radius 1 is 1.13 bits per heavy atom. The SMILES string of the molecule is O=C(Cc1nc(-c2cccc(Br)c2)cs1)NCc1ccccc1. The van der Waals surface area contributed by atoms with Gasteiger partial charge in [-0.15, -0.1) is 11.3 Å². The van der Waals surface area contributed by atoms with Crippen molar-refractivity contribution in [2.45, 2.75) is 13.0 Å². The molecule has 3 rings (SSSR count). The lowest BCUT2D eigenvalue weighted by molar-refractivity contribution is -0.120. The summed E-state index contributed by atoms with van der Waals surface area (Å²) in [5.74, 6) is -0.0102. The second-order valence-electron chi connectivity index (χ2n) is 5.08. The zero-order chi connectivity index (χ0) is 16.1. The Morgan fingerprint density at radius 2 is 1.96 bits per heavy atom. The van der Waals surface area contributed by atoms with Gasteiger partial charge in [-0.3, -0.25) is 4.79 Å². The molecule has 1 aromatic heterocycles. The van der Waals surface area contributed by atoms with Crippen LogP contribution >= 0.6 is 27.3 Å². The minimum absolute atomic E-state index is 0.0102. The number of thiazole rings is 1. The van der Waals surface area contributed by atoms with Crippen LogP contribution in [0.25, 0.3) is 11.3 Å². The maximum absolute atomic E-state index is 12.0. The van der Waals surface area contributed by atoms with Crippen molar-refractivity contribution in [1.29, 1.82) is 0 Å². The summed E-state index contributed by atoms with van der Waals surface area (Å²) in [5, 5.41) is 5.74. The minimum Gasteiger partial charge on any atom is -0.352 e. The van der Waals surface area contributed by atoms with Crippen molar-refractivity contribution >= 4 is 33.2 Å². The number of rotatable bonds is 5. The molecule has 116 valence electrons. The monoisotopic (exact) mass is 386 g/mol. The highest BCUT2D eigenvalue weighted by Crippen LogP contribution is 2.24. The van der Waals surface area contributed by atoms with Crippen molar-refractivity contribution in [3.63, 3.8) is 0 Å². The molecule has 0 atom stereocenters. The van der Waals surface area contributed by atoms with Crippen LogP contribution in [0.1, 0.15) is 10.6 Å². The van der Waals surface area contributed by atoms with Gasteiger partial charge >= 0.3 is 0 Å². The lowest BCUT2D eigenvalue weighted by atomic mass is 10.2. The van der Waals surface area contributed by atoms with E-state index in [0.29, 0.717) is 13.0 Å². The molecule has 0 saturated carbocycles. The zero-order valence-corrected chi connectivity index (χ0v) is 14.7. The molecule has 2 aromatic carbocycles. The first kappa shape index (κ1) is 15.9. The molecule has 3 aromatic rings. The van der Waals surface area contributed by atoms with Gasteiger partial charge in [0.05, 0.1) is 12.1 Å². The topological polar surface area (TPSA) is 42.0 Å². The molecule has 1 amide bonds. The maximum Gasteiger partial charge on any atom is 0.227 e. The summed E-state index contributed by atoms with van der Waals surface area (Å²) in [6.45, 7) is 0.545. The highest BCUT2D eigenvalue weighted by atomic mass is 79.9. The van der Waals surface area contributed by atoms with Crippen molar-refractivity contribution in [2.24, 2.45) is 0 Å². The predicted molar refractivity (Wildman–Crippen MR) is 97.2 cm³/mol. The number of hydrogen-bond donors (Lipinski definition) is 1. The van der Waals surface area contributed by atoms with Crippen LogP contribution in [0.4, 0.5) is 0 Å². The van der Waals surface area contributed by atoms with Crippen LogP contribution in [0.5, 0.6) is 0 Å². The van der Waals surface area contributed by atoms with Crippen LogP contribution in [0.3, 0.4) is 0 Å². The van der Waals surface area contributed by atoms with Gasteiger partial charge in [-0.05, 0) is 17.7 Å². The third kappa shape index (κ3) is 4.50. The Kier molecular flexibility index (Phi) is 5.20. The van der Waals surface area contributed by atoms with E-state index in [1.54, 1.807) is 0 Å². The lowest BCUT2D eigenvalue weighted by Gasteiger charge is -2.03. The van der Waals surface area contributed by atoms with Gasteiger partial charge < -0.3 is 5.32 Å². The van der Waals surface area contributed by atoms with Gasteiger partial charge in [-0.2, -0.15) is 0 Å². The van der Waals surface area contributed by atoms with E-state index in [9.17, 15) is 4.79 Å². The van der Waals surface area contributed by atoms with Crippen LogP contribution in [0.15, 0.2) is 64.5 Å². The first-order valence-electron chi connectivity index (χ1n) is 7.22. The predicted octanol–water partition coefficient (Wildman–Crippen LogP) is 4.43. The molecular weight excluding hydrogens is 372 g/mol. The second kappa shape index (κ2) is 7.53. The van der Waals surface area contributed by atoms with Crippen LogP contribution < -0.4 is 5.32 Å². The molecule has 0 spiro atoms. The fourth-order valence-corrected chi connectivity index (χ4v) is 3.37. The molecule has 1 N–H and O–H groups in total. The molecule has 0 aliphatic rings. The van der Waals surface area contributed by atoms with Gasteiger partial charge in [-0.25, -0.2) is 4.98 Å². The van der Waals surface area contributed by atoms with Gasteiger partial charge in [-0.1, -0.05) is 58.4 Å². The number of nitrogens with one attached hydrogen (secondary N) is 1. The number of halogens is 1. The summed E-state index contributed by atoms with van der Waals surface area (Å²) in [6, 6.07) is 17.9. The summed E-state index contributed by atoms with van der Waals surface area (Å²) in [7, 11) is 0. The van der Waals surface area contributed by atoms with Crippen LogP contribution in [0, 0.1) is 0 Å². The Labute approximate surface area is 147 Å². The molecule has 0 radical (unpaired) electrons. The molecule has 0 bridgehead atoms. The largest absolute Gasteiger partial charge is 0.352 e. The smallest absolute Gasteiger partial charge is 0.227 e. The van der Waals surface area contributed by atoms with Gasteiger partial charge in [0, 0.05) is 22.0 Å². The molecule has 0 saturated heterocycles. The molecule has 0 unspecified atom stereocenters. The van der Waals surface area contributed by atoms with E-state index in [0.717, 1.165) is 26.3 Å². The zero-order valence-electron chi connectivity index (χ0n) is 12.3. The molecule has 0 fully saturated rings. The summed E-state index contributed by atoms with van der Waals surface area (Å²) < 4.78 is 1.02. The van der Waals surface area contributed by atoms with E-state index in [4.69, 9.17) is 0 Å². The highest BCUT2D eigenvalue weighted by molar-refractivity contribution is 9.10. The molecule has 3 nitrogen and oxygen atoms in total. The number of hydrogen-bond acceptors (Lipinski definition) is 3. The number of amides is 1. The van der Waals surface area contributed by atoms with Crippen LogP contribution in [-0.2, 0) is 17.8 Å². The molecule has 0 aliphatic heterocycles. The van der Waals surface area contributed by atoms with E-state index in [1.165, 1.54) is 11.3 Å². The second-order valence-corrected chi connectivity index (χ2v) is 6.93. The normalized spacial score (nSPS) is 10.5. The first-order chi connectivity index (χ1) is 11.2. The van der Waals surface area contributed by atoms with E-state index in [-0.39, 0.29) is 5.91 Å². The van der Waals surface area contributed by atoms with Gasteiger partial charge in [0.15, 0.2) is 0 Å². The fourth-order valence-electron chi connectivity index (χ4n) is 2.17. The third-order valence-corrected chi connectivity index (χ3v) is 4.66. The average molecular weight is 387 g/mol. The van der Waals surface area contributed by atoms with Gasteiger partial charge in [0.1, 0.15) is 5.01 Å². The Hall–Kier alpha value is -1.98. The van der Waals surface area contributed by atoms with Crippen molar-refractivity contribution < 1.29 is 4.79 Å². The molecular formula is C18H15BrN2OS.